The van der Waals surface area contributed by atoms with Gasteiger partial charge < -0.3 is 5.32 Å². The van der Waals surface area contributed by atoms with E-state index in [0.717, 1.165) is 5.56 Å². The van der Waals surface area contributed by atoms with Gasteiger partial charge in [0, 0.05) is 5.56 Å². The lowest BCUT2D eigenvalue weighted by Crippen LogP contribution is -2.36. The van der Waals surface area contributed by atoms with Crippen LogP contribution in [-0.2, 0) is 4.79 Å². The number of alkyl halides is 1. The number of amides is 1. The van der Waals surface area contributed by atoms with Gasteiger partial charge in [-0.1, -0.05) is 28.1 Å². The van der Waals surface area contributed by atoms with Gasteiger partial charge in [-0.15, -0.1) is 0 Å². The largest absolute Gasteiger partial charge is 0.324 e. The van der Waals surface area contributed by atoms with E-state index in [1.165, 1.54) is 0 Å². The molecular weight excluding hydrogens is 246 g/mol. The van der Waals surface area contributed by atoms with E-state index in [1.54, 1.807) is 6.07 Å². The van der Waals surface area contributed by atoms with Crippen LogP contribution in [0.5, 0.6) is 0 Å². The van der Waals surface area contributed by atoms with Crippen LogP contribution in [0.1, 0.15) is 15.9 Å². The minimum absolute atomic E-state index is 0.174. The van der Waals surface area contributed by atoms with E-state index >= 15 is 0 Å². The van der Waals surface area contributed by atoms with Gasteiger partial charge >= 0.3 is 0 Å². The first-order valence-electron chi connectivity index (χ1n) is 4.20. The number of halogens is 1. The average Bonchev–Trinajstić information content (AvgIpc) is 2.17. The zero-order valence-electron chi connectivity index (χ0n) is 7.50. The number of carbonyl (C=O) groups excluding carboxylic acids is 2. The number of benzene rings is 1. The second kappa shape index (κ2) is 3.20. The molecule has 0 radical (unpaired) electrons. The summed E-state index contributed by atoms with van der Waals surface area (Å²) in [5, 5.41) is 2.70. The van der Waals surface area contributed by atoms with Gasteiger partial charge in [0.15, 0.2) is 10.6 Å². The first kappa shape index (κ1) is 9.40. The third kappa shape index (κ3) is 1.26. The zero-order chi connectivity index (χ0) is 10.3. The Hall–Kier alpha value is -1.16. The number of para-hydroxylation sites is 1. The molecule has 0 fully saturated rings. The van der Waals surface area contributed by atoms with Crippen molar-refractivity contribution in [2.24, 2.45) is 0 Å². The molecule has 3 nitrogen and oxygen atoms in total. The third-order valence-corrected chi connectivity index (χ3v) is 3.08. The number of aryl methyl sites for hydroxylation is 1. The highest BCUT2D eigenvalue weighted by Gasteiger charge is 2.32. The number of carbonyl (C=O) groups is 2. The molecule has 1 heterocycles. The Morgan fingerprint density at radius 2 is 2.07 bits per heavy atom. The molecule has 1 aromatic rings. The molecule has 0 bridgehead atoms. The molecule has 1 aliphatic heterocycles. The molecule has 0 aromatic heterocycles. The number of hydrogen-bond acceptors (Lipinski definition) is 2. The molecule has 1 aromatic carbocycles. The number of Topliss-reactive ketones (excluding diaryl/α,β-unsaturated/α-hetero) is 1. The Balaban J connectivity index is 2.62. The number of fused-ring (bicyclic) bond motifs is 1. The van der Waals surface area contributed by atoms with E-state index in [0.29, 0.717) is 11.3 Å². The number of hydrogen-bond donors (Lipinski definition) is 1. The summed E-state index contributed by atoms with van der Waals surface area (Å²) in [5.74, 6) is -0.468. The second-order valence-corrected chi connectivity index (χ2v) is 4.13. The lowest BCUT2D eigenvalue weighted by Gasteiger charge is -2.21. The third-order valence-electron chi connectivity index (χ3n) is 2.25. The van der Waals surface area contributed by atoms with Gasteiger partial charge in [-0.05, 0) is 18.6 Å². The first-order valence-corrected chi connectivity index (χ1v) is 5.11. The highest BCUT2D eigenvalue weighted by molar-refractivity contribution is 9.10. The maximum Gasteiger partial charge on any atom is 0.246 e. The molecule has 0 spiro atoms. The van der Waals surface area contributed by atoms with Crippen LogP contribution in [0.3, 0.4) is 0 Å². The Morgan fingerprint density at radius 3 is 2.79 bits per heavy atom. The maximum atomic E-state index is 11.7. The molecule has 72 valence electrons. The summed E-state index contributed by atoms with van der Waals surface area (Å²) in [7, 11) is 0. The van der Waals surface area contributed by atoms with E-state index in [1.807, 2.05) is 19.1 Å². The van der Waals surface area contributed by atoms with E-state index in [2.05, 4.69) is 21.2 Å². The lowest BCUT2D eigenvalue weighted by molar-refractivity contribution is -0.115. The monoisotopic (exact) mass is 253 g/mol. The van der Waals surface area contributed by atoms with Crippen LogP contribution in [0.25, 0.3) is 0 Å². The van der Waals surface area contributed by atoms with Crippen molar-refractivity contribution in [1.29, 1.82) is 0 Å². The van der Waals surface area contributed by atoms with Gasteiger partial charge in [0.2, 0.25) is 5.91 Å². The topological polar surface area (TPSA) is 46.2 Å². The summed E-state index contributed by atoms with van der Waals surface area (Å²) in [6.07, 6.45) is 0. The van der Waals surface area contributed by atoms with Crippen LogP contribution in [0.2, 0.25) is 0 Å². The molecule has 1 atom stereocenters. The summed E-state index contributed by atoms with van der Waals surface area (Å²) in [6, 6.07) is 5.39. The van der Waals surface area contributed by atoms with Gasteiger partial charge in [0.25, 0.3) is 0 Å². The van der Waals surface area contributed by atoms with Crippen molar-refractivity contribution in [3.63, 3.8) is 0 Å². The molecule has 4 heteroatoms. The summed E-state index contributed by atoms with van der Waals surface area (Å²) < 4.78 is 0. The van der Waals surface area contributed by atoms with Crippen LogP contribution in [0.15, 0.2) is 18.2 Å². The maximum absolute atomic E-state index is 11.7. The van der Waals surface area contributed by atoms with Gasteiger partial charge in [-0.2, -0.15) is 0 Å². The van der Waals surface area contributed by atoms with Crippen LogP contribution < -0.4 is 5.32 Å². The fraction of sp³-hybridized carbons (Fsp3) is 0.200. The molecule has 1 aliphatic rings. The summed E-state index contributed by atoms with van der Waals surface area (Å²) >= 11 is 3.05. The summed E-state index contributed by atoms with van der Waals surface area (Å²) in [4.78, 5) is 22.3. The molecule has 2 rings (SSSR count). The molecule has 0 aliphatic carbocycles. The normalized spacial score (nSPS) is 20.3. The summed E-state index contributed by atoms with van der Waals surface area (Å²) in [5.41, 5.74) is 2.12. The molecule has 1 unspecified atom stereocenters. The molecule has 0 saturated carbocycles. The first-order chi connectivity index (χ1) is 6.61. The van der Waals surface area contributed by atoms with Crippen molar-refractivity contribution in [3.8, 4) is 0 Å². The summed E-state index contributed by atoms with van der Waals surface area (Å²) in [6.45, 7) is 1.86. The highest BCUT2D eigenvalue weighted by atomic mass is 79.9. The Kier molecular flexibility index (Phi) is 2.15. The van der Waals surface area contributed by atoms with E-state index in [-0.39, 0.29) is 11.7 Å². The Morgan fingerprint density at radius 1 is 1.36 bits per heavy atom. The van der Waals surface area contributed by atoms with E-state index in [4.69, 9.17) is 0 Å². The Labute approximate surface area is 89.6 Å². The fourth-order valence-electron chi connectivity index (χ4n) is 1.48. The van der Waals surface area contributed by atoms with Crippen molar-refractivity contribution in [1.82, 2.24) is 0 Å². The fourth-order valence-corrected chi connectivity index (χ4v) is 1.84. The van der Waals surface area contributed by atoms with Crippen molar-refractivity contribution in [2.75, 3.05) is 5.32 Å². The SMILES string of the molecule is Cc1cccc2c1NC(=O)C(Br)C2=O. The predicted molar refractivity (Wildman–Crippen MR) is 56.9 cm³/mol. The standard InChI is InChI=1S/C10H8BrNO2/c1-5-3-2-4-6-8(5)12-10(14)7(11)9(6)13/h2-4,7H,1H3,(H,12,14). The van der Waals surface area contributed by atoms with E-state index < -0.39 is 4.83 Å². The molecular formula is C10H8BrNO2. The number of anilines is 1. The van der Waals surface area contributed by atoms with Crippen LogP contribution in [-0.4, -0.2) is 16.5 Å². The van der Waals surface area contributed by atoms with Gasteiger partial charge in [-0.3, -0.25) is 9.59 Å². The predicted octanol–water partition coefficient (Wildman–Crippen LogP) is 1.89. The van der Waals surface area contributed by atoms with Gasteiger partial charge in [0.05, 0.1) is 5.69 Å². The lowest BCUT2D eigenvalue weighted by atomic mass is 9.98. The molecule has 0 saturated heterocycles. The minimum atomic E-state index is -0.753. The zero-order valence-corrected chi connectivity index (χ0v) is 9.09. The van der Waals surface area contributed by atoms with Crippen molar-refractivity contribution >= 4 is 33.3 Å². The quantitative estimate of drug-likeness (QED) is 0.567. The average molecular weight is 254 g/mol. The number of nitrogens with one attached hydrogen (secondary N) is 1. The number of ketones is 1. The molecule has 1 amide bonds. The smallest absolute Gasteiger partial charge is 0.246 e. The van der Waals surface area contributed by atoms with Crippen molar-refractivity contribution < 1.29 is 9.59 Å². The van der Waals surface area contributed by atoms with Crippen LogP contribution >= 0.6 is 15.9 Å². The Bertz CT molecular complexity index is 428. The van der Waals surface area contributed by atoms with E-state index in [9.17, 15) is 9.59 Å². The van der Waals surface area contributed by atoms with Gasteiger partial charge in [-0.25, -0.2) is 0 Å². The second-order valence-electron chi connectivity index (χ2n) is 3.21. The number of rotatable bonds is 0. The van der Waals surface area contributed by atoms with Crippen molar-refractivity contribution in [3.05, 3.63) is 29.3 Å². The van der Waals surface area contributed by atoms with Gasteiger partial charge in [0.1, 0.15) is 0 Å². The molecule has 1 N–H and O–H groups in total. The molecule has 14 heavy (non-hydrogen) atoms. The minimum Gasteiger partial charge on any atom is -0.324 e. The van der Waals surface area contributed by atoms with Crippen LogP contribution in [0, 0.1) is 6.92 Å². The van der Waals surface area contributed by atoms with Crippen LogP contribution in [0.4, 0.5) is 5.69 Å². The highest BCUT2D eigenvalue weighted by Crippen LogP contribution is 2.28. The van der Waals surface area contributed by atoms with Crippen molar-refractivity contribution in [2.45, 2.75) is 11.8 Å².